The van der Waals surface area contributed by atoms with E-state index in [1.165, 1.54) is 17.0 Å². The summed E-state index contributed by atoms with van der Waals surface area (Å²) in [7, 11) is 0. The Balaban J connectivity index is 3.45. The Morgan fingerprint density at radius 1 is 1.06 bits per heavy atom. The van der Waals surface area contributed by atoms with Crippen molar-refractivity contribution in [2.75, 3.05) is 0 Å². The molecule has 10 nitrogen and oxygen atoms in total. The van der Waals surface area contributed by atoms with Gasteiger partial charge in [0, 0.05) is 12.1 Å². The van der Waals surface area contributed by atoms with Gasteiger partial charge in [-0.05, 0) is 65.7 Å². The number of hydrogen-bond acceptors (Lipinski definition) is 6. The van der Waals surface area contributed by atoms with Gasteiger partial charge in [-0.15, -0.1) is 0 Å². The Morgan fingerprint density at radius 2 is 1.63 bits per heavy atom. The number of primary amides is 1. The zero-order chi connectivity index (χ0) is 26.9. The fourth-order valence-corrected chi connectivity index (χ4v) is 3.63. The molecular formula is C25H40N4O6. The van der Waals surface area contributed by atoms with Crippen molar-refractivity contribution in [1.29, 1.82) is 0 Å². The third-order valence-electron chi connectivity index (χ3n) is 5.05. The molecule has 0 bridgehead atoms. The van der Waals surface area contributed by atoms with Crippen molar-refractivity contribution in [3.05, 3.63) is 29.8 Å². The molecule has 0 radical (unpaired) electrons. The van der Waals surface area contributed by atoms with Gasteiger partial charge in [-0.3, -0.25) is 14.4 Å². The second-order valence-corrected chi connectivity index (χ2v) is 9.90. The smallest absolute Gasteiger partial charge is 0.408 e. The number of carbonyl (C=O) groups excluding carboxylic acids is 4. The molecule has 0 saturated heterocycles. The third kappa shape index (κ3) is 9.84. The fourth-order valence-electron chi connectivity index (χ4n) is 3.63. The standard InChI is InChI=1S/C25H40N4O6/c1-8-9-16(4)27-22(32)21(17-10-12-18(30)13-11-17)29(15(2)3)23(33)19(14-20(26)31)28-24(34)35-25(5,6)7/h10-13,15-16,19,21,30H,8-9,14H2,1-7H3,(H2,26,31)(H,27,32)(H,28,34). The normalized spacial score (nSPS) is 13.9. The second-order valence-electron chi connectivity index (χ2n) is 9.90. The van der Waals surface area contributed by atoms with Gasteiger partial charge in [-0.2, -0.15) is 0 Å². The summed E-state index contributed by atoms with van der Waals surface area (Å²) in [6.07, 6.45) is 0.243. The monoisotopic (exact) mass is 492 g/mol. The van der Waals surface area contributed by atoms with Crippen LogP contribution in [0.4, 0.5) is 4.79 Å². The van der Waals surface area contributed by atoms with Crippen LogP contribution in [-0.2, 0) is 19.1 Å². The number of hydrogen-bond donors (Lipinski definition) is 4. The van der Waals surface area contributed by atoms with E-state index >= 15 is 0 Å². The van der Waals surface area contributed by atoms with Gasteiger partial charge in [0.05, 0.1) is 6.42 Å². The minimum Gasteiger partial charge on any atom is -0.508 e. The predicted octanol–water partition coefficient (Wildman–Crippen LogP) is 2.74. The second kappa shape index (κ2) is 13.0. The van der Waals surface area contributed by atoms with Gasteiger partial charge in [0.2, 0.25) is 17.7 Å². The maximum absolute atomic E-state index is 13.7. The number of carbonyl (C=O) groups is 4. The highest BCUT2D eigenvalue weighted by atomic mass is 16.6. The number of phenolic OH excluding ortho intramolecular Hbond substituents is 1. The van der Waals surface area contributed by atoms with Crippen molar-refractivity contribution in [3.63, 3.8) is 0 Å². The summed E-state index contributed by atoms with van der Waals surface area (Å²) in [5.41, 5.74) is 5.00. The first-order valence-corrected chi connectivity index (χ1v) is 11.9. The van der Waals surface area contributed by atoms with Crippen LogP contribution in [0.1, 0.15) is 79.3 Å². The van der Waals surface area contributed by atoms with Crippen molar-refractivity contribution in [1.82, 2.24) is 15.5 Å². The average molecular weight is 493 g/mol. The minimum absolute atomic E-state index is 0.00730. The Labute approximate surface area is 207 Å². The SMILES string of the molecule is CCCC(C)NC(=O)C(c1ccc(O)cc1)N(C(=O)C(CC(N)=O)NC(=O)OC(C)(C)C)C(C)C. The lowest BCUT2D eigenvalue weighted by Crippen LogP contribution is -2.56. The average Bonchev–Trinajstić information content (AvgIpc) is 2.69. The number of nitrogens with zero attached hydrogens (tertiary/aromatic N) is 1. The molecule has 3 unspecified atom stereocenters. The Kier molecular flexibility index (Phi) is 11.0. The first-order chi connectivity index (χ1) is 16.2. The van der Waals surface area contributed by atoms with Crippen molar-refractivity contribution in [2.45, 2.75) is 97.5 Å². The molecule has 10 heteroatoms. The summed E-state index contributed by atoms with van der Waals surface area (Å²) in [4.78, 5) is 52.7. The molecule has 0 spiro atoms. The first-order valence-electron chi connectivity index (χ1n) is 11.9. The molecule has 0 aliphatic heterocycles. The molecule has 35 heavy (non-hydrogen) atoms. The number of benzene rings is 1. The highest BCUT2D eigenvalue weighted by molar-refractivity contribution is 5.94. The predicted molar refractivity (Wildman–Crippen MR) is 132 cm³/mol. The molecule has 1 rings (SSSR count). The number of nitrogens with one attached hydrogen (secondary N) is 2. The first kappa shape index (κ1) is 29.7. The van der Waals surface area contributed by atoms with Gasteiger partial charge in [-0.25, -0.2) is 4.79 Å². The largest absolute Gasteiger partial charge is 0.508 e. The van der Waals surface area contributed by atoms with E-state index in [2.05, 4.69) is 10.6 Å². The molecule has 3 atom stereocenters. The Bertz CT molecular complexity index is 879. The van der Waals surface area contributed by atoms with E-state index in [0.29, 0.717) is 5.56 Å². The van der Waals surface area contributed by atoms with E-state index in [1.54, 1.807) is 46.8 Å². The van der Waals surface area contributed by atoms with Gasteiger partial charge in [0.15, 0.2) is 0 Å². The molecule has 5 N–H and O–H groups in total. The van der Waals surface area contributed by atoms with Crippen LogP contribution >= 0.6 is 0 Å². The third-order valence-corrected chi connectivity index (χ3v) is 5.05. The number of alkyl carbamates (subject to hydrolysis) is 1. The molecular weight excluding hydrogens is 452 g/mol. The summed E-state index contributed by atoms with van der Waals surface area (Å²) in [5.74, 6) is -1.88. The van der Waals surface area contributed by atoms with Crippen LogP contribution in [0.3, 0.4) is 0 Å². The molecule has 0 aliphatic carbocycles. The van der Waals surface area contributed by atoms with Crippen LogP contribution in [0.25, 0.3) is 0 Å². The van der Waals surface area contributed by atoms with Crippen molar-refractivity contribution < 1.29 is 29.0 Å². The Hall–Kier alpha value is -3.30. The van der Waals surface area contributed by atoms with E-state index in [9.17, 15) is 24.3 Å². The van der Waals surface area contributed by atoms with Gasteiger partial charge in [0.25, 0.3) is 0 Å². The molecule has 0 aromatic heterocycles. The van der Waals surface area contributed by atoms with Crippen LogP contribution in [0, 0.1) is 0 Å². The highest BCUT2D eigenvalue weighted by Gasteiger charge is 2.38. The van der Waals surface area contributed by atoms with Crippen molar-refractivity contribution in [2.24, 2.45) is 5.73 Å². The highest BCUT2D eigenvalue weighted by Crippen LogP contribution is 2.27. The Morgan fingerprint density at radius 3 is 2.09 bits per heavy atom. The maximum Gasteiger partial charge on any atom is 0.408 e. The van der Waals surface area contributed by atoms with Crippen molar-refractivity contribution in [3.8, 4) is 5.75 Å². The molecule has 196 valence electrons. The lowest BCUT2D eigenvalue weighted by atomic mass is 9.99. The quantitative estimate of drug-likeness (QED) is 0.373. The lowest BCUT2D eigenvalue weighted by molar-refractivity contribution is -0.145. The lowest BCUT2D eigenvalue weighted by Gasteiger charge is -2.37. The van der Waals surface area contributed by atoms with Crippen LogP contribution in [0.15, 0.2) is 24.3 Å². The number of ether oxygens (including phenoxy) is 1. The maximum atomic E-state index is 13.7. The molecule has 1 aromatic rings. The molecule has 0 saturated carbocycles. The van der Waals surface area contributed by atoms with E-state index < -0.39 is 54.0 Å². The van der Waals surface area contributed by atoms with Crippen LogP contribution in [-0.4, -0.2) is 57.5 Å². The van der Waals surface area contributed by atoms with Crippen LogP contribution < -0.4 is 16.4 Å². The fraction of sp³-hybridized carbons (Fsp3) is 0.600. The number of amides is 4. The number of aromatic hydroxyl groups is 1. The number of phenols is 1. The summed E-state index contributed by atoms with van der Waals surface area (Å²) in [5, 5.41) is 15.1. The number of nitrogens with two attached hydrogens (primary N) is 1. The molecule has 0 aliphatic rings. The zero-order valence-electron chi connectivity index (χ0n) is 21.8. The summed E-state index contributed by atoms with van der Waals surface area (Å²) < 4.78 is 5.25. The summed E-state index contributed by atoms with van der Waals surface area (Å²) in [6, 6.07) is 2.89. The molecule has 1 aromatic carbocycles. The summed E-state index contributed by atoms with van der Waals surface area (Å²) >= 11 is 0. The van der Waals surface area contributed by atoms with Gasteiger partial charge in [-0.1, -0.05) is 25.5 Å². The van der Waals surface area contributed by atoms with Gasteiger partial charge >= 0.3 is 6.09 Å². The van der Waals surface area contributed by atoms with Crippen LogP contribution in [0.2, 0.25) is 0 Å². The number of rotatable bonds is 11. The van der Waals surface area contributed by atoms with E-state index in [1.807, 2.05) is 13.8 Å². The van der Waals surface area contributed by atoms with Crippen LogP contribution in [0.5, 0.6) is 5.75 Å². The molecule has 0 heterocycles. The van der Waals surface area contributed by atoms with Gasteiger partial charge in [0.1, 0.15) is 23.4 Å². The van der Waals surface area contributed by atoms with E-state index in [0.717, 1.165) is 12.8 Å². The topological polar surface area (TPSA) is 151 Å². The van der Waals surface area contributed by atoms with Gasteiger partial charge < -0.3 is 31.1 Å². The summed E-state index contributed by atoms with van der Waals surface area (Å²) in [6.45, 7) is 12.3. The zero-order valence-corrected chi connectivity index (χ0v) is 21.8. The van der Waals surface area contributed by atoms with E-state index in [-0.39, 0.29) is 11.8 Å². The molecule has 4 amide bonds. The minimum atomic E-state index is -1.34. The van der Waals surface area contributed by atoms with E-state index in [4.69, 9.17) is 10.5 Å². The molecule has 0 fully saturated rings. The van der Waals surface area contributed by atoms with Crippen molar-refractivity contribution >= 4 is 23.8 Å².